The van der Waals surface area contributed by atoms with Crippen LogP contribution in [0.5, 0.6) is 0 Å². The number of anilines is 1. The van der Waals surface area contributed by atoms with Crippen molar-refractivity contribution >= 4 is 32.9 Å². The highest BCUT2D eigenvalue weighted by atomic mass is 32.2. The summed E-state index contributed by atoms with van der Waals surface area (Å²) in [6.07, 6.45) is 1.29. The van der Waals surface area contributed by atoms with Crippen LogP contribution in [0.1, 0.15) is 30.1 Å². The first-order valence-corrected chi connectivity index (χ1v) is 11.8. The summed E-state index contributed by atoms with van der Waals surface area (Å²) < 4.78 is 44.7. The highest BCUT2D eigenvalue weighted by molar-refractivity contribution is 7.92. The van der Waals surface area contributed by atoms with E-state index in [0.717, 1.165) is 0 Å². The Morgan fingerprint density at radius 3 is 2.68 bits per heavy atom. The molecule has 2 heterocycles. The Hall–Kier alpha value is -2.94. The van der Waals surface area contributed by atoms with Crippen LogP contribution in [0.4, 0.5) is 10.4 Å². The molecule has 1 saturated heterocycles. The smallest absolute Gasteiger partial charge is 0.298 e. The van der Waals surface area contributed by atoms with E-state index in [0.29, 0.717) is 49.6 Å². The maximum atomic E-state index is 13.4. The third-order valence-electron chi connectivity index (χ3n) is 5.89. The number of hydrogen-bond donors (Lipinski definition) is 0. The van der Waals surface area contributed by atoms with Crippen molar-refractivity contribution in [3.8, 4) is 0 Å². The zero-order valence-electron chi connectivity index (χ0n) is 17.0. The number of carbonyl (C=O) groups is 1. The summed E-state index contributed by atoms with van der Waals surface area (Å²) in [6.45, 7) is 3.25. The van der Waals surface area contributed by atoms with Gasteiger partial charge < -0.3 is 14.2 Å². The van der Waals surface area contributed by atoms with Crippen LogP contribution in [-0.4, -0.2) is 55.1 Å². The fraction of sp³-hybridized carbons (Fsp3) is 0.364. The fourth-order valence-electron chi connectivity index (χ4n) is 4.06. The molecule has 1 aromatic heterocycles. The van der Waals surface area contributed by atoms with Gasteiger partial charge in [0.15, 0.2) is 15.4 Å². The van der Waals surface area contributed by atoms with Gasteiger partial charge in [-0.3, -0.25) is 4.79 Å². The Morgan fingerprint density at radius 1 is 1.16 bits per heavy atom. The lowest BCUT2D eigenvalue weighted by atomic mass is 10.1. The molecule has 0 spiro atoms. The average molecular weight is 444 g/mol. The van der Waals surface area contributed by atoms with E-state index in [4.69, 9.17) is 4.42 Å². The first-order chi connectivity index (χ1) is 14.8. The van der Waals surface area contributed by atoms with Crippen LogP contribution in [0.15, 0.2) is 51.8 Å². The van der Waals surface area contributed by atoms with Gasteiger partial charge in [0.2, 0.25) is 0 Å². The van der Waals surface area contributed by atoms with Crippen molar-refractivity contribution in [2.45, 2.75) is 36.0 Å². The van der Waals surface area contributed by atoms with Crippen LogP contribution in [0.3, 0.4) is 0 Å². The number of sulfone groups is 1. The number of piperazine rings is 1. The van der Waals surface area contributed by atoms with E-state index in [-0.39, 0.29) is 27.7 Å². The number of carbonyl (C=O) groups excluding carboxylic acids is 1. The number of hydrogen-bond acceptors (Lipinski definition) is 6. The summed E-state index contributed by atoms with van der Waals surface area (Å²) >= 11 is 0. The lowest BCUT2D eigenvalue weighted by Crippen LogP contribution is -2.54. The molecule has 0 bridgehead atoms. The molecule has 9 heteroatoms. The van der Waals surface area contributed by atoms with Crippen LogP contribution in [0.2, 0.25) is 0 Å². The van der Waals surface area contributed by atoms with Gasteiger partial charge in [0.25, 0.3) is 11.9 Å². The van der Waals surface area contributed by atoms with Gasteiger partial charge >= 0.3 is 0 Å². The molecule has 1 saturated carbocycles. The molecule has 1 atom stereocenters. The lowest BCUT2D eigenvalue weighted by molar-refractivity contribution is 0.0667. The van der Waals surface area contributed by atoms with Gasteiger partial charge in [0.1, 0.15) is 11.3 Å². The number of aromatic nitrogens is 1. The minimum Gasteiger partial charge on any atom is -0.423 e. The maximum absolute atomic E-state index is 13.4. The second-order valence-corrected chi connectivity index (χ2v) is 10.3. The Balaban J connectivity index is 1.37. The monoisotopic (exact) mass is 443 g/mol. The minimum absolute atomic E-state index is 0.123. The Labute approximate surface area is 179 Å². The molecular formula is C22H22FN3O4S. The first-order valence-electron chi connectivity index (χ1n) is 10.3. The fourth-order valence-corrected chi connectivity index (χ4v) is 5.90. The molecule has 2 aliphatic rings. The van der Waals surface area contributed by atoms with Crippen molar-refractivity contribution < 1.29 is 22.0 Å². The normalized spacial score (nSPS) is 19.7. The summed E-state index contributed by atoms with van der Waals surface area (Å²) in [6, 6.07) is 10.9. The average Bonchev–Trinajstić information content (AvgIpc) is 3.54. The molecule has 2 fully saturated rings. The molecule has 5 rings (SSSR count). The van der Waals surface area contributed by atoms with Crippen molar-refractivity contribution in [3.63, 3.8) is 0 Å². The summed E-state index contributed by atoms with van der Waals surface area (Å²) in [7, 11) is -3.48. The molecular weight excluding hydrogens is 421 g/mol. The van der Waals surface area contributed by atoms with Crippen LogP contribution < -0.4 is 4.90 Å². The van der Waals surface area contributed by atoms with Crippen LogP contribution in [0.25, 0.3) is 11.1 Å². The number of oxazole rings is 1. The molecule has 2 aromatic carbocycles. The van der Waals surface area contributed by atoms with Gasteiger partial charge in [-0.25, -0.2) is 12.8 Å². The van der Waals surface area contributed by atoms with Gasteiger partial charge in [0.05, 0.1) is 15.7 Å². The number of fused-ring (bicyclic) bond motifs is 1. The largest absolute Gasteiger partial charge is 0.423 e. The maximum Gasteiger partial charge on any atom is 0.298 e. The van der Waals surface area contributed by atoms with Crippen molar-refractivity contribution in [1.29, 1.82) is 0 Å². The highest BCUT2D eigenvalue weighted by Gasteiger charge is 2.40. The molecule has 1 amide bonds. The Bertz CT molecular complexity index is 1270. The van der Waals surface area contributed by atoms with Crippen LogP contribution in [-0.2, 0) is 9.84 Å². The van der Waals surface area contributed by atoms with Crippen molar-refractivity contribution in [2.75, 3.05) is 24.5 Å². The molecule has 0 unspecified atom stereocenters. The molecule has 7 nitrogen and oxygen atoms in total. The number of benzene rings is 2. The minimum atomic E-state index is -3.48. The van der Waals surface area contributed by atoms with Gasteiger partial charge in [-0.15, -0.1) is 0 Å². The van der Waals surface area contributed by atoms with E-state index in [9.17, 15) is 17.6 Å². The molecule has 162 valence electrons. The summed E-state index contributed by atoms with van der Waals surface area (Å²) in [5, 5.41) is -0.375. The molecule has 3 aromatic rings. The number of halogens is 1. The number of nitrogens with zero attached hydrogens (tertiary/aromatic N) is 3. The Morgan fingerprint density at radius 2 is 1.94 bits per heavy atom. The van der Waals surface area contributed by atoms with E-state index in [1.54, 1.807) is 29.2 Å². The topological polar surface area (TPSA) is 83.7 Å². The zero-order valence-corrected chi connectivity index (χ0v) is 17.8. The van der Waals surface area contributed by atoms with E-state index in [1.807, 2.05) is 11.8 Å². The van der Waals surface area contributed by atoms with Gasteiger partial charge in [-0.1, -0.05) is 12.1 Å². The predicted molar refractivity (Wildman–Crippen MR) is 113 cm³/mol. The second-order valence-electron chi connectivity index (χ2n) is 8.14. The SMILES string of the molecule is C[C@H]1CN(c2nc3ccc(F)cc3o2)CCN1C(=O)c1ccccc1S(=O)(=O)C1CC1. The zero-order chi connectivity index (χ0) is 21.8. The number of amides is 1. The van der Waals surface area contributed by atoms with Crippen molar-refractivity contribution in [1.82, 2.24) is 9.88 Å². The van der Waals surface area contributed by atoms with E-state index in [1.165, 1.54) is 18.2 Å². The molecule has 1 aliphatic heterocycles. The van der Waals surface area contributed by atoms with E-state index < -0.39 is 15.7 Å². The molecule has 31 heavy (non-hydrogen) atoms. The summed E-state index contributed by atoms with van der Waals surface area (Å²) in [5.41, 5.74) is 1.18. The molecule has 1 aliphatic carbocycles. The van der Waals surface area contributed by atoms with Crippen LogP contribution in [0, 0.1) is 5.82 Å². The van der Waals surface area contributed by atoms with Gasteiger partial charge in [-0.05, 0) is 44.0 Å². The summed E-state index contributed by atoms with van der Waals surface area (Å²) in [4.78, 5) is 21.5. The standard InChI is InChI=1S/C22H22FN3O4S/c1-14-13-25(22-24-18-9-6-15(23)12-19(18)30-22)10-11-26(14)21(27)17-4-2-3-5-20(17)31(28,29)16-7-8-16/h2-6,9,12,14,16H,7-8,10-11,13H2,1H3/t14-/m0/s1. The van der Waals surface area contributed by atoms with Gasteiger partial charge in [0, 0.05) is 31.7 Å². The second kappa shape index (κ2) is 7.33. The predicted octanol–water partition coefficient (Wildman–Crippen LogP) is 3.25. The first kappa shape index (κ1) is 20.0. The molecule has 0 N–H and O–H groups in total. The van der Waals surface area contributed by atoms with Gasteiger partial charge in [-0.2, -0.15) is 4.98 Å². The third-order valence-corrected chi connectivity index (χ3v) is 8.20. The third kappa shape index (κ3) is 3.56. The van der Waals surface area contributed by atoms with E-state index in [2.05, 4.69) is 4.98 Å². The molecule has 0 radical (unpaired) electrons. The number of rotatable bonds is 4. The quantitative estimate of drug-likeness (QED) is 0.616. The van der Waals surface area contributed by atoms with Crippen molar-refractivity contribution in [3.05, 3.63) is 53.8 Å². The lowest BCUT2D eigenvalue weighted by Gasteiger charge is -2.39. The summed E-state index contributed by atoms with van der Waals surface area (Å²) in [5.74, 6) is -0.676. The van der Waals surface area contributed by atoms with E-state index >= 15 is 0 Å². The van der Waals surface area contributed by atoms with Crippen molar-refractivity contribution in [2.24, 2.45) is 0 Å². The Kier molecular flexibility index (Phi) is 4.73. The highest BCUT2D eigenvalue weighted by Crippen LogP contribution is 2.35. The van der Waals surface area contributed by atoms with Crippen LogP contribution >= 0.6 is 0 Å².